The lowest BCUT2D eigenvalue weighted by Gasteiger charge is -2.30. The molecule has 14 heteroatoms. The molecule has 0 spiro atoms. The van der Waals surface area contributed by atoms with E-state index in [1.807, 2.05) is 5.32 Å². The summed E-state index contributed by atoms with van der Waals surface area (Å²) in [4.78, 5) is 36.7. The highest BCUT2D eigenvalue weighted by Crippen LogP contribution is 2.46. The highest BCUT2D eigenvalue weighted by atomic mass is 31.2. The van der Waals surface area contributed by atoms with E-state index in [0.717, 1.165) is 24.9 Å². The van der Waals surface area contributed by atoms with Gasteiger partial charge in [0, 0.05) is 7.05 Å². The van der Waals surface area contributed by atoms with Crippen LogP contribution in [-0.4, -0.2) is 77.8 Å². The summed E-state index contributed by atoms with van der Waals surface area (Å²) >= 11 is 0. The molecule has 1 aromatic rings. The van der Waals surface area contributed by atoms with E-state index in [9.17, 15) is 24.1 Å². The molecule has 0 aromatic heterocycles. The predicted octanol–water partition coefficient (Wildman–Crippen LogP) is 2.29. The summed E-state index contributed by atoms with van der Waals surface area (Å²) < 4.78 is 50.6. The van der Waals surface area contributed by atoms with Crippen LogP contribution in [0, 0.1) is 0 Å². The van der Waals surface area contributed by atoms with E-state index in [4.69, 9.17) is 18.5 Å². The Labute approximate surface area is 214 Å². The van der Waals surface area contributed by atoms with Crippen molar-refractivity contribution in [3.05, 3.63) is 43.0 Å². The summed E-state index contributed by atoms with van der Waals surface area (Å²) in [6.07, 6.45) is -4.43. The number of aliphatic hydroxyl groups is 1. The van der Waals surface area contributed by atoms with Gasteiger partial charge in [0.05, 0.1) is 12.7 Å². The SMILES string of the molecule is C=CC(=O)NC(=O)N(C)[C@@H]1O[C@H](CO[P@@](=O)(N[C@@H](C)C(=O)OC(C)C)Oc2ccccc2)[C@@H](O)[C@@]1(C)F. The molecule has 206 valence electrons. The van der Waals surface area contributed by atoms with Gasteiger partial charge >= 0.3 is 19.7 Å². The monoisotopic (exact) mass is 545 g/mol. The van der Waals surface area contributed by atoms with Crippen LogP contribution in [0.5, 0.6) is 5.75 Å². The number of carbonyl (C=O) groups excluding carboxylic acids is 3. The van der Waals surface area contributed by atoms with E-state index < -0.39 is 68.5 Å². The average Bonchev–Trinajstić information content (AvgIpc) is 3.05. The Kier molecular flexibility index (Phi) is 10.4. The molecular formula is C23H33FN3O9P. The van der Waals surface area contributed by atoms with Gasteiger partial charge in [0.15, 0.2) is 11.9 Å². The van der Waals surface area contributed by atoms with E-state index in [-0.39, 0.29) is 5.75 Å². The molecule has 0 radical (unpaired) electrons. The maximum atomic E-state index is 15.4. The number of hydrogen-bond acceptors (Lipinski definition) is 9. The molecule has 3 amide bonds. The minimum atomic E-state index is -4.31. The molecule has 1 heterocycles. The topological polar surface area (TPSA) is 153 Å². The zero-order valence-electron chi connectivity index (χ0n) is 21.3. The Morgan fingerprint density at radius 1 is 1.30 bits per heavy atom. The molecule has 1 aliphatic heterocycles. The van der Waals surface area contributed by atoms with Crippen LogP contribution in [0.2, 0.25) is 0 Å². The summed E-state index contributed by atoms with van der Waals surface area (Å²) in [5, 5.41) is 15.0. The first-order chi connectivity index (χ1) is 17.2. The van der Waals surface area contributed by atoms with Gasteiger partial charge < -0.3 is 19.1 Å². The minimum Gasteiger partial charge on any atom is -0.462 e. The van der Waals surface area contributed by atoms with Gasteiger partial charge in [-0.05, 0) is 45.9 Å². The third kappa shape index (κ3) is 8.08. The summed E-state index contributed by atoms with van der Waals surface area (Å²) in [6.45, 7) is 8.27. The Hall–Kier alpha value is -2.83. The van der Waals surface area contributed by atoms with Gasteiger partial charge in [0.25, 0.3) is 5.91 Å². The van der Waals surface area contributed by atoms with Gasteiger partial charge in [0.2, 0.25) is 0 Å². The Balaban J connectivity index is 2.18. The van der Waals surface area contributed by atoms with Crippen LogP contribution in [0.3, 0.4) is 0 Å². The van der Waals surface area contributed by atoms with Crippen LogP contribution in [0.4, 0.5) is 9.18 Å². The number of amides is 3. The fourth-order valence-electron chi connectivity index (χ4n) is 3.34. The first-order valence-corrected chi connectivity index (χ1v) is 12.9. The van der Waals surface area contributed by atoms with Crippen LogP contribution >= 0.6 is 7.75 Å². The van der Waals surface area contributed by atoms with Crippen molar-refractivity contribution in [1.82, 2.24) is 15.3 Å². The highest BCUT2D eigenvalue weighted by Gasteiger charge is 2.57. The van der Waals surface area contributed by atoms with Crippen molar-refractivity contribution in [3.8, 4) is 5.75 Å². The Bertz CT molecular complexity index is 1020. The van der Waals surface area contributed by atoms with E-state index in [0.29, 0.717) is 0 Å². The van der Waals surface area contributed by atoms with Gasteiger partial charge in [-0.1, -0.05) is 24.8 Å². The van der Waals surface area contributed by atoms with Gasteiger partial charge in [-0.25, -0.2) is 13.8 Å². The predicted molar refractivity (Wildman–Crippen MR) is 130 cm³/mol. The number of esters is 1. The number of para-hydroxylation sites is 1. The van der Waals surface area contributed by atoms with E-state index in [1.54, 1.807) is 32.0 Å². The molecule has 1 saturated heterocycles. The average molecular weight is 546 g/mol. The standard InChI is InChI=1S/C23H33FN3O9P/c1-7-18(28)25-22(31)27(6)21-23(5,24)19(29)17(35-21)13-33-37(32,36-16-11-9-8-10-12-16)26-15(4)20(30)34-14(2)3/h7-12,14-15,17,19,21,29H,1,13H2,2-6H3,(H,26,32)(H,25,28,31)/t15-,17+,19+,21+,23+,37-/m0/s1. The number of carbonyl (C=O) groups is 3. The van der Waals surface area contributed by atoms with Crippen molar-refractivity contribution >= 4 is 25.7 Å². The lowest BCUT2D eigenvalue weighted by Crippen LogP contribution is -2.53. The third-order valence-electron chi connectivity index (χ3n) is 5.24. The van der Waals surface area contributed by atoms with Crippen LogP contribution in [0.15, 0.2) is 43.0 Å². The number of urea groups is 1. The van der Waals surface area contributed by atoms with Crippen LogP contribution in [0.1, 0.15) is 27.7 Å². The first-order valence-electron chi connectivity index (χ1n) is 11.4. The molecule has 2 rings (SSSR count). The molecule has 1 aliphatic rings. The first kappa shape index (κ1) is 30.4. The summed E-state index contributed by atoms with van der Waals surface area (Å²) in [5.41, 5.74) is -2.50. The van der Waals surface area contributed by atoms with E-state index >= 15 is 4.39 Å². The zero-order valence-corrected chi connectivity index (χ0v) is 22.1. The second kappa shape index (κ2) is 12.6. The summed E-state index contributed by atoms with van der Waals surface area (Å²) in [6, 6.07) is 5.83. The maximum absolute atomic E-state index is 15.4. The van der Waals surface area contributed by atoms with E-state index in [2.05, 4.69) is 11.7 Å². The minimum absolute atomic E-state index is 0.146. The van der Waals surface area contributed by atoms with Crippen molar-refractivity contribution in [1.29, 1.82) is 0 Å². The number of nitrogens with zero attached hydrogens (tertiary/aromatic N) is 1. The van der Waals surface area contributed by atoms with Crippen LogP contribution < -0.4 is 14.9 Å². The number of hydrogen-bond donors (Lipinski definition) is 3. The van der Waals surface area contributed by atoms with Crippen LogP contribution in [0.25, 0.3) is 0 Å². The molecule has 0 aliphatic carbocycles. The van der Waals surface area contributed by atoms with Crippen LogP contribution in [-0.2, 0) is 28.2 Å². The van der Waals surface area contributed by atoms with Gasteiger partial charge in [-0.15, -0.1) is 0 Å². The van der Waals surface area contributed by atoms with Gasteiger partial charge in [0.1, 0.15) is 24.0 Å². The largest absolute Gasteiger partial charge is 0.462 e. The third-order valence-corrected chi connectivity index (χ3v) is 6.88. The van der Waals surface area contributed by atoms with Gasteiger partial charge in [-0.3, -0.25) is 24.3 Å². The number of aliphatic hydroxyl groups excluding tert-OH is 1. The molecule has 12 nitrogen and oxygen atoms in total. The quantitative estimate of drug-likeness (QED) is 0.214. The highest BCUT2D eigenvalue weighted by molar-refractivity contribution is 7.52. The Morgan fingerprint density at radius 3 is 2.49 bits per heavy atom. The van der Waals surface area contributed by atoms with E-state index in [1.165, 1.54) is 19.1 Å². The smallest absolute Gasteiger partial charge is 0.459 e. The summed E-state index contributed by atoms with van der Waals surface area (Å²) in [7, 11) is -3.15. The number of alkyl halides is 1. The number of benzene rings is 1. The number of imide groups is 1. The number of ether oxygens (including phenoxy) is 2. The van der Waals surface area contributed by atoms with Crippen molar-refractivity contribution in [2.24, 2.45) is 0 Å². The molecule has 37 heavy (non-hydrogen) atoms. The number of nitrogens with one attached hydrogen (secondary N) is 2. The molecule has 0 unspecified atom stereocenters. The molecule has 0 saturated carbocycles. The molecular weight excluding hydrogens is 512 g/mol. The lowest BCUT2D eigenvalue weighted by atomic mass is 9.98. The molecule has 3 N–H and O–H groups in total. The fourth-order valence-corrected chi connectivity index (χ4v) is 4.84. The van der Waals surface area contributed by atoms with Crippen molar-refractivity contribution in [3.63, 3.8) is 0 Å². The van der Waals surface area contributed by atoms with Gasteiger partial charge in [-0.2, -0.15) is 5.09 Å². The normalized spacial score (nSPS) is 25.6. The second-order valence-corrected chi connectivity index (χ2v) is 10.5. The number of halogens is 1. The molecule has 6 atom stereocenters. The maximum Gasteiger partial charge on any atom is 0.459 e. The summed E-state index contributed by atoms with van der Waals surface area (Å²) in [5.74, 6) is -1.39. The molecule has 1 fully saturated rings. The van der Waals surface area contributed by atoms with Crippen molar-refractivity contribution < 1.29 is 47.0 Å². The molecule has 0 bridgehead atoms. The molecule has 1 aromatic carbocycles. The fraction of sp³-hybridized carbons (Fsp3) is 0.522. The zero-order chi connectivity index (χ0) is 28.0. The second-order valence-electron chi connectivity index (χ2n) is 8.77. The van der Waals surface area contributed by atoms with Crippen molar-refractivity contribution in [2.75, 3.05) is 13.7 Å². The lowest BCUT2D eigenvalue weighted by molar-refractivity contribution is -0.149. The number of rotatable bonds is 11. The van der Waals surface area contributed by atoms with Crippen molar-refractivity contribution in [2.45, 2.75) is 63.9 Å². The Morgan fingerprint density at radius 2 is 1.92 bits per heavy atom.